The molecule has 0 N–H and O–H groups in total. The van der Waals surface area contributed by atoms with Crippen molar-refractivity contribution < 1.29 is 13.9 Å². The summed E-state index contributed by atoms with van der Waals surface area (Å²) in [6.45, 7) is 0.251. The van der Waals surface area contributed by atoms with Gasteiger partial charge in [-0.25, -0.2) is 4.39 Å². The highest BCUT2D eigenvalue weighted by atomic mass is 35.5. The molecule has 104 valence electrons. The summed E-state index contributed by atoms with van der Waals surface area (Å²) in [7, 11) is 0. The summed E-state index contributed by atoms with van der Waals surface area (Å²) in [6, 6.07) is 10.4. The second-order valence-electron chi connectivity index (χ2n) is 3.99. The lowest BCUT2D eigenvalue weighted by molar-refractivity contribution is 0.103. The van der Waals surface area contributed by atoms with E-state index in [9.17, 15) is 9.18 Å². The van der Waals surface area contributed by atoms with Gasteiger partial charge in [0, 0.05) is 5.02 Å². The van der Waals surface area contributed by atoms with E-state index in [0.717, 1.165) is 0 Å². The Hall–Kier alpha value is -1.58. The zero-order valence-electron chi connectivity index (χ0n) is 10.4. The van der Waals surface area contributed by atoms with Gasteiger partial charge in [-0.05, 0) is 30.3 Å². The first-order chi connectivity index (χ1) is 9.63. The quantitative estimate of drug-likeness (QED) is 0.607. The number of halogens is 3. The molecular weight excluding hydrogens is 302 g/mol. The fourth-order valence-corrected chi connectivity index (χ4v) is 1.99. The lowest BCUT2D eigenvalue weighted by Crippen LogP contribution is -2.08. The molecule has 0 saturated carbocycles. The highest BCUT2D eigenvalue weighted by molar-refractivity contribution is 6.31. The molecule has 0 atom stereocenters. The Bertz CT molecular complexity index is 629. The molecule has 0 aromatic heterocycles. The number of hydrogen-bond donors (Lipinski definition) is 0. The summed E-state index contributed by atoms with van der Waals surface area (Å²) in [5.41, 5.74) is 0.193. The van der Waals surface area contributed by atoms with Crippen LogP contribution in [0.2, 0.25) is 5.02 Å². The summed E-state index contributed by atoms with van der Waals surface area (Å²) in [5.74, 6) is -0.435. The first-order valence-corrected chi connectivity index (χ1v) is 6.82. The van der Waals surface area contributed by atoms with Gasteiger partial charge in [0.2, 0.25) is 0 Å². The van der Waals surface area contributed by atoms with Crippen LogP contribution in [-0.2, 0) is 0 Å². The van der Waals surface area contributed by atoms with E-state index in [1.165, 1.54) is 24.3 Å². The van der Waals surface area contributed by atoms with E-state index in [1.54, 1.807) is 18.2 Å². The summed E-state index contributed by atoms with van der Waals surface area (Å²) in [5, 5.41) is 0.378. The van der Waals surface area contributed by atoms with Gasteiger partial charge in [-0.1, -0.05) is 23.7 Å². The van der Waals surface area contributed by atoms with E-state index < -0.39 is 11.6 Å². The van der Waals surface area contributed by atoms with Crippen LogP contribution in [0.4, 0.5) is 4.39 Å². The van der Waals surface area contributed by atoms with Crippen LogP contribution in [0.3, 0.4) is 0 Å². The maximum Gasteiger partial charge on any atom is 0.199 e. The van der Waals surface area contributed by atoms with E-state index in [2.05, 4.69) is 0 Å². The van der Waals surface area contributed by atoms with Crippen molar-refractivity contribution in [2.75, 3.05) is 12.5 Å². The lowest BCUT2D eigenvalue weighted by atomic mass is 10.0. The molecule has 2 rings (SSSR count). The first kappa shape index (κ1) is 14.8. The molecule has 0 aliphatic carbocycles. The number of ether oxygens (including phenoxy) is 1. The maximum absolute atomic E-state index is 13.7. The summed E-state index contributed by atoms with van der Waals surface area (Å²) >= 11 is 11.5. The fourth-order valence-electron chi connectivity index (χ4n) is 1.74. The van der Waals surface area contributed by atoms with Crippen LogP contribution >= 0.6 is 23.2 Å². The highest BCUT2D eigenvalue weighted by Crippen LogP contribution is 2.26. The molecule has 0 bridgehead atoms. The summed E-state index contributed by atoms with van der Waals surface area (Å²) < 4.78 is 19.1. The van der Waals surface area contributed by atoms with Crippen LogP contribution in [-0.4, -0.2) is 18.3 Å². The molecule has 5 heteroatoms. The SMILES string of the molecule is O=C(c1ccccc1F)c1cc(Cl)ccc1OCCCl. The molecule has 0 heterocycles. The Morgan fingerprint density at radius 2 is 1.90 bits per heavy atom. The summed E-state index contributed by atoms with van der Waals surface area (Å²) in [6.07, 6.45) is 0. The van der Waals surface area contributed by atoms with Gasteiger partial charge in [0.15, 0.2) is 5.78 Å². The second kappa shape index (κ2) is 6.73. The monoisotopic (exact) mass is 312 g/mol. The lowest BCUT2D eigenvalue weighted by Gasteiger charge is -2.10. The van der Waals surface area contributed by atoms with Crippen LogP contribution < -0.4 is 4.74 Å². The largest absolute Gasteiger partial charge is 0.492 e. The number of benzene rings is 2. The standard InChI is InChI=1S/C15H11Cl2FO2/c16-7-8-20-14-6-5-10(17)9-12(14)15(19)11-3-1-2-4-13(11)18/h1-6,9H,7-8H2. The van der Waals surface area contributed by atoms with Crippen molar-refractivity contribution in [3.63, 3.8) is 0 Å². The molecular formula is C15H11Cl2FO2. The predicted molar refractivity (Wildman–Crippen MR) is 77.5 cm³/mol. The van der Waals surface area contributed by atoms with Crippen molar-refractivity contribution in [2.45, 2.75) is 0 Å². The minimum atomic E-state index is -0.583. The Balaban J connectivity index is 2.43. The number of ketones is 1. The minimum absolute atomic E-state index is 0.0227. The van der Waals surface area contributed by atoms with Crippen LogP contribution in [0.5, 0.6) is 5.75 Å². The average molecular weight is 313 g/mol. The molecule has 0 aliphatic heterocycles. The molecule has 2 nitrogen and oxygen atoms in total. The van der Waals surface area contributed by atoms with Gasteiger partial charge in [0.25, 0.3) is 0 Å². The predicted octanol–water partition coefficient (Wildman–Crippen LogP) is 4.33. The molecule has 20 heavy (non-hydrogen) atoms. The smallest absolute Gasteiger partial charge is 0.199 e. The van der Waals surface area contributed by atoms with E-state index in [1.807, 2.05) is 0 Å². The van der Waals surface area contributed by atoms with Gasteiger partial charge in [-0.15, -0.1) is 11.6 Å². The molecule has 0 unspecified atom stereocenters. The third kappa shape index (κ3) is 3.30. The molecule has 2 aromatic carbocycles. The van der Waals surface area contributed by atoms with Crippen molar-refractivity contribution in [3.05, 3.63) is 64.4 Å². The number of rotatable bonds is 5. The molecule has 0 amide bonds. The van der Waals surface area contributed by atoms with Gasteiger partial charge < -0.3 is 4.74 Å². The minimum Gasteiger partial charge on any atom is -0.492 e. The molecule has 0 fully saturated rings. The number of alkyl halides is 1. The van der Waals surface area contributed by atoms with Crippen molar-refractivity contribution in [2.24, 2.45) is 0 Å². The van der Waals surface area contributed by atoms with Gasteiger partial charge >= 0.3 is 0 Å². The molecule has 2 aromatic rings. The fraction of sp³-hybridized carbons (Fsp3) is 0.133. The van der Waals surface area contributed by atoms with Gasteiger partial charge in [-0.3, -0.25) is 4.79 Å². The van der Waals surface area contributed by atoms with Crippen LogP contribution in [0.15, 0.2) is 42.5 Å². The van der Waals surface area contributed by atoms with E-state index in [0.29, 0.717) is 10.8 Å². The van der Waals surface area contributed by atoms with E-state index >= 15 is 0 Å². The van der Waals surface area contributed by atoms with Crippen molar-refractivity contribution in [1.29, 1.82) is 0 Å². The molecule has 0 radical (unpaired) electrons. The third-order valence-electron chi connectivity index (χ3n) is 2.64. The Morgan fingerprint density at radius 3 is 2.60 bits per heavy atom. The average Bonchev–Trinajstić information content (AvgIpc) is 2.46. The summed E-state index contributed by atoms with van der Waals surface area (Å²) in [4.78, 5) is 12.4. The Kier molecular flexibility index (Phi) is 4.99. The van der Waals surface area contributed by atoms with E-state index in [4.69, 9.17) is 27.9 Å². The zero-order valence-corrected chi connectivity index (χ0v) is 11.9. The van der Waals surface area contributed by atoms with Gasteiger partial charge in [-0.2, -0.15) is 0 Å². The first-order valence-electron chi connectivity index (χ1n) is 5.91. The van der Waals surface area contributed by atoms with Gasteiger partial charge in [0.1, 0.15) is 18.2 Å². The van der Waals surface area contributed by atoms with Gasteiger partial charge in [0.05, 0.1) is 17.0 Å². The van der Waals surface area contributed by atoms with Crippen LogP contribution in [0.25, 0.3) is 0 Å². The second-order valence-corrected chi connectivity index (χ2v) is 4.80. The topological polar surface area (TPSA) is 26.3 Å². The maximum atomic E-state index is 13.7. The highest BCUT2D eigenvalue weighted by Gasteiger charge is 2.18. The Morgan fingerprint density at radius 1 is 1.15 bits per heavy atom. The molecule has 0 spiro atoms. The van der Waals surface area contributed by atoms with Crippen LogP contribution in [0.1, 0.15) is 15.9 Å². The normalized spacial score (nSPS) is 10.3. The molecule has 0 aliphatic rings. The van der Waals surface area contributed by atoms with Crippen molar-refractivity contribution >= 4 is 29.0 Å². The number of carbonyl (C=O) groups is 1. The van der Waals surface area contributed by atoms with Crippen molar-refractivity contribution in [1.82, 2.24) is 0 Å². The number of carbonyl (C=O) groups excluding carboxylic acids is 1. The molecule has 0 saturated heterocycles. The van der Waals surface area contributed by atoms with E-state index in [-0.39, 0.29) is 23.6 Å². The Labute approximate surface area is 126 Å². The zero-order chi connectivity index (χ0) is 14.5. The number of hydrogen-bond acceptors (Lipinski definition) is 2. The van der Waals surface area contributed by atoms with Crippen molar-refractivity contribution in [3.8, 4) is 5.75 Å². The third-order valence-corrected chi connectivity index (χ3v) is 3.03. The van der Waals surface area contributed by atoms with Crippen LogP contribution in [0, 0.1) is 5.82 Å².